The van der Waals surface area contributed by atoms with Crippen LogP contribution in [0.5, 0.6) is 11.5 Å². The average Bonchev–Trinajstić information content (AvgIpc) is 2.35. The van der Waals surface area contributed by atoms with Gasteiger partial charge in [-0.15, -0.1) is 0 Å². The van der Waals surface area contributed by atoms with Crippen molar-refractivity contribution in [3.05, 3.63) is 23.8 Å². The van der Waals surface area contributed by atoms with Gasteiger partial charge in [0.2, 0.25) is 0 Å². The van der Waals surface area contributed by atoms with Crippen LogP contribution in [0, 0.1) is 0 Å². The second-order valence-electron chi connectivity index (χ2n) is 5.91. The Morgan fingerprint density at radius 2 is 1.95 bits per heavy atom. The minimum absolute atomic E-state index is 0.0908. The normalized spacial score (nSPS) is 13.2. The van der Waals surface area contributed by atoms with Crippen LogP contribution in [-0.2, 0) is 6.54 Å². The molecule has 1 aromatic carbocycles. The molecule has 1 N–H and O–H groups in total. The molecule has 0 aliphatic heterocycles. The van der Waals surface area contributed by atoms with E-state index in [1.807, 2.05) is 12.1 Å². The third kappa shape index (κ3) is 5.52. The Kier molecular flexibility index (Phi) is 5.67. The summed E-state index contributed by atoms with van der Waals surface area (Å²) >= 11 is 0. The first-order valence-corrected chi connectivity index (χ1v) is 6.94. The average molecular weight is 265 g/mol. The van der Waals surface area contributed by atoms with E-state index in [0.717, 1.165) is 30.0 Å². The maximum Gasteiger partial charge on any atom is 0.127 e. The molecule has 3 nitrogen and oxygen atoms in total. The molecule has 0 heterocycles. The Morgan fingerprint density at radius 1 is 1.26 bits per heavy atom. The predicted octanol–water partition coefficient (Wildman–Crippen LogP) is 3.76. The maximum atomic E-state index is 5.98. The molecule has 0 spiro atoms. The summed E-state index contributed by atoms with van der Waals surface area (Å²) in [4.78, 5) is 0. The molecule has 1 atom stereocenters. The Bertz CT molecular complexity index is 396. The first-order valence-electron chi connectivity index (χ1n) is 6.94. The van der Waals surface area contributed by atoms with E-state index in [2.05, 4.69) is 46.0 Å². The van der Waals surface area contributed by atoms with Gasteiger partial charge in [-0.25, -0.2) is 0 Å². The number of hydrogen-bond acceptors (Lipinski definition) is 3. The summed E-state index contributed by atoms with van der Waals surface area (Å²) in [6.07, 6.45) is 1.20. The Labute approximate surface area is 117 Å². The molecule has 0 saturated heterocycles. The van der Waals surface area contributed by atoms with Crippen LogP contribution in [0.2, 0.25) is 0 Å². The molecule has 0 bridgehead atoms. The first kappa shape index (κ1) is 15.8. The van der Waals surface area contributed by atoms with Gasteiger partial charge in [-0.05, 0) is 40.2 Å². The number of ether oxygens (including phenoxy) is 2. The molecular formula is C16H27NO2. The monoisotopic (exact) mass is 265 g/mol. The van der Waals surface area contributed by atoms with Gasteiger partial charge in [0.25, 0.3) is 0 Å². The highest BCUT2D eigenvalue weighted by Crippen LogP contribution is 2.26. The largest absolute Gasteiger partial charge is 0.497 e. The number of hydrogen-bond donors (Lipinski definition) is 1. The standard InChI is InChI=1S/C16H27NO2/c1-7-12(2)19-15-10-14(18-6)9-8-13(15)11-17-16(3,4)5/h8-10,12,17H,7,11H2,1-6H3. The van der Waals surface area contributed by atoms with Crippen molar-refractivity contribution in [1.29, 1.82) is 0 Å². The molecule has 0 fully saturated rings. The minimum Gasteiger partial charge on any atom is -0.497 e. The van der Waals surface area contributed by atoms with Gasteiger partial charge in [-0.2, -0.15) is 0 Å². The van der Waals surface area contributed by atoms with E-state index in [4.69, 9.17) is 9.47 Å². The fourth-order valence-electron chi connectivity index (χ4n) is 1.58. The number of benzene rings is 1. The summed E-state index contributed by atoms with van der Waals surface area (Å²) in [5.41, 5.74) is 1.25. The van der Waals surface area contributed by atoms with Gasteiger partial charge < -0.3 is 14.8 Å². The van der Waals surface area contributed by atoms with Crippen LogP contribution in [0.25, 0.3) is 0 Å². The lowest BCUT2D eigenvalue weighted by Gasteiger charge is -2.23. The van der Waals surface area contributed by atoms with Crippen LogP contribution in [0.4, 0.5) is 0 Å². The Balaban J connectivity index is 2.88. The Morgan fingerprint density at radius 3 is 2.47 bits per heavy atom. The third-order valence-electron chi connectivity index (χ3n) is 2.99. The quantitative estimate of drug-likeness (QED) is 0.849. The molecule has 108 valence electrons. The topological polar surface area (TPSA) is 30.5 Å². The molecule has 19 heavy (non-hydrogen) atoms. The van der Waals surface area contributed by atoms with E-state index >= 15 is 0 Å². The molecule has 0 aliphatic rings. The SMILES string of the molecule is CCC(C)Oc1cc(OC)ccc1CNC(C)(C)C. The predicted molar refractivity (Wildman–Crippen MR) is 80.0 cm³/mol. The summed E-state index contributed by atoms with van der Waals surface area (Å²) in [6, 6.07) is 6.00. The van der Waals surface area contributed by atoms with Crippen LogP contribution in [0.1, 0.15) is 46.6 Å². The molecular weight excluding hydrogens is 238 g/mol. The fourth-order valence-corrected chi connectivity index (χ4v) is 1.58. The fraction of sp³-hybridized carbons (Fsp3) is 0.625. The zero-order valence-corrected chi connectivity index (χ0v) is 13.0. The lowest BCUT2D eigenvalue weighted by Crippen LogP contribution is -2.35. The molecule has 3 heteroatoms. The van der Waals surface area contributed by atoms with E-state index in [-0.39, 0.29) is 11.6 Å². The van der Waals surface area contributed by atoms with E-state index < -0.39 is 0 Å². The molecule has 1 unspecified atom stereocenters. The summed E-state index contributed by atoms with van der Waals surface area (Å²) in [6.45, 7) is 11.5. The van der Waals surface area contributed by atoms with Crippen LogP contribution in [-0.4, -0.2) is 18.8 Å². The molecule has 1 aromatic rings. The molecule has 0 radical (unpaired) electrons. The van der Waals surface area contributed by atoms with Gasteiger partial charge in [0.15, 0.2) is 0 Å². The van der Waals surface area contributed by atoms with Crippen molar-refractivity contribution in [3.63, 3.8) is 0 Å². The van der Waals surface area contributed by atoms with Gasteiger partial charge in [0.1, 0.15) is 11.5 Å². The number of rotatable bonds is 6. The second kappa shape index (κ2) is 6.80. The number of nitrogens with one attached hydrogen (secondary N) is 1. The highest BCUT2D eigenvalue weighted by Gasteiger charge is 2.13. The van der Waals surface area contributed by atoms with Crippen LogP contribution < -0.4 is 14.8 Å². The third-order valence-corrected chi connectivity index (χ3v) is 2.99. The van der Waals surface area contributed by atoms with Crippen molar-refractivity contribution >= 4 is 0 Å². The lowest BCUT2D eigenvalue weighted by molar-refractivity contribution is 0.213. The highest BCUT2D eigenvalue weighted by molar-refractivity contribution is 5.41. The van der Waals surface area contributed by atoms with E-state index in [1.165, 1.54) is 0 Å². The minimum atomic E-state index is 0.0908. The summed E-state index contributed by atoms with van der Waals surface area (Å²) in [5, 5.41) is 3.49. The van der Waals surface area contributed by atoms with Gasteiger partial charge >= 0.3 is 0 Å². The van der Waals surface area contributed by atoms with Gasteiger partial charge in [-0.3, -0.25) is 0 Å². The van der Waals surface area contributed by atoms with Crippen molar-refractivity contribution in [3.8, 4) is 11.5 Å². The molecule has 1 rings (SSSR count). The maximum absolute atomic E-state index is 5.98. The first-order chi connectivity index (χ1) is 8.85. The van der Waals surface area contributed by atoms with Gasteiger partial charge in [-0.1, -0.05) is 13.0 Å². The summed E-state index contributed by atoms with van der Waals surface area (Å²) in [7, 11) is 1.68. The Hall–Kier alpha value is -1.22. The lowest BCUT2D eigenvalue weighted by atomic mass is 10.1. The van der Waals surface area contributed by atoms with Crippen LogP contribution in [0.15, 0.2) is 18.2 Å². The van der Waals surface area contributed by atoms with Crippen molar-refractivity contribution in [2.75, 3.05) is 7.11 Å². The van der Waals surface area contributed by atoms with Crippen molar-refractivity contribution in [2.24, 2.45) is 0 Å². The highest BCUT2D eigenvalue weighted by atomic mass is 16.5. The molecule has 0 saturated carbocycles. The van der Waals surface area contributed by atoms with Crippen LogP contribution >= 0.6 is 0 Å². The van der Waals surface area contributed by atoms with Crippen LogP contribution in [0.3, 0.4) is 0 Å². The van der Waals surface area contributed by atoms with Crippen molar-refractivity contribution < 1.29 is 9.47 Å². The summed E-state index contributed by atoms with van der Waals surface area (Å²) < 4.78 is 11.3. The summed E-state index contributed by atoms with van der Waals surface area (Å²) in [5.74, 6) is 1.74. The van der Waals surface area contributed by atoms with Crippen molar-refractivity contribution in [2.45, 2.75) is 59.2 Å². The molecule has 0 aliphatic carbocycles. The van der Waals surface area contributed by atoms with Crippen molar-refractivity contribution in [1.82, 2.24) is 5.32 Å². The molecule has 0 amide bonds. The zero-order chi connectivity index (χ0) is 14.5. The molecule has 0 aromatic heterocycles. The van der Waals surface area contributed by atoms with E-state index in [9.17, 15) is 0 Å². The van der Waals surface area contributed by atoms with Gasteiger partial charge in [0, 0.05) is 23.7 Å². The van der Waals surface area contributed by atoms with Gasteiger partial charge in [0.05, 0.1) is 13.2 Å². The zero-order valence-electron chi connectivity index (χ0n) is 13.0. The number of methoxy groups -OCH3 is 1. The second-order valence-corrected chi connectivity index (χ2v) is 5.91. The smallest absolute Gasteiger partial charge is 0.127 e. The van der Waals surface area contributed by atoms with E-state index in [1.54, 1.807) is 7.11 Å². The van der Waals surface area contributed by atoms with E-state index in [0.29, 0.717) is 0 Å².